The summed E-state index contributed by atoms with van der Waals surface area (Å²) in [4.78, 5) is 3.91. The molecule has 0 aliphatic heterocycles. The minimum Gasteiger partial charge on any atom is -0.249 e. The fraction of sp³-hybridized carbons (Fsp3) is 0.545. The van der Waals surface area contributed by atoms with Gasteiger partial charge < -0.3 is 0 Å². The number of rotatable bonds is 3. The second kappa shape index (κ2) is 5.38. The minimum absolute atomic E-state index is 0.178. The van der Waals surface area contributed by atoms with E-state index in [0.29, 0.717) is 4.60 Å². The molecular weight excluding hydrogens is 288 g/mol. The predicted molar refractivity (Wildman–Crippen MR) is 71.4 cm³/mol. The number of halogens is 1. The Morgan fingerprint density at radius 3 is 2.88 bits per heavy atom. The zero-order chi connectivity index (χ0) is 15.8. The summed E-state index contributed by atoms with van der Waals surface area (Å²) in [6, 6.07) is 0.694. The Balaban J connectivity index is 3.29. The molecule has 1 N–H and O–H groups in total. The molecule has 0 spiro atoms. The SMILES string of the molecule is [2H]C([2H])([2H])[C@]([2H])(N[S@](=O)C(C)(C)C)c1ccnc(Br)c1. The first-order chi connectivity index (χ1) is 8.88. The fourth-order valence-corrected chi connectivity index (χ4v) is 1.84. The Hall–Kier alpha value is -0.260. The Bertz CT molecular complexity index is 518. The van der Waals surface area contributed by atoms with Crippen molar-refractivity contribution in [2.24, 2.45) is 0 Å². The maximum atomic E-state index is 12.2. The summed E-state index contributed by atoms with van der Waals surface area (Å²) in [6.07, 6.45) is 1.40. The Morgan fingerprint density at radius 1 is 1.69 bits per heavy atom. The second-order valence-electron chi connectivity index (χ2n) is 4.23. The van der Waals surface area contributed by atoms with Crippen LogP contribution in [0, 0.1) is 0 Å². The highest BCUT2D eigenvalue weighted by Gasteiger charge is 2.21. The van der Waals surface area contributed by atoms with Crippen molar-refractivity contribution < 1.29 is 9.69 Å². The summed E-state index contributed by atoms with van der Waals surface area (Å²) in [5, 5.41) is 0. The Labute approximate surface area is 113 Å². The summed E-state index contributed by atoms with van der Waals surface area (Å²) in [5.41, 5.74) is 0.178. The quantitative estimate of drug-likeness (QED) is 0.872. The molecule has 0 aliphatic rings. The summed E-state index contributed by atoms with van der Waals surface area (Å²) in [7, 11) is -1.69. The standard InChI is InChI=1S/C11H17BrN2OS/c1-8(14-16(15)11(2,3)4)9-5-6-13-10(12)7-9/h5-8,14H,1-4H3/t8-,16+/m0/s1/i1D3,8D. The lowest BCUT2D eigenvalue weighted by Gasteiger charge is -2.22. The molecule has 0 fully saturated rings. The molecule has 0 aromatic carbocycles. The lowest BCUT2D eigenvalue weighted by atomic mass is 10.1. The van der Waals surface area contributed by atoms with Crippen molar-refractivity contribution in [3.63, 3.8) is 0 Å². The zero-order valence-corrected chi connectivity index (χ0v) is 11.8. The smallest absolute Gasteiger partial charge is 0.106 e. The van der Waals surface area contributed by atoms with Crippen LogP contribution in [0.4, 0.5) is 0 Å². The van der Waals surface area contributed by atoms with Crippen molar-refractivity contribution in [3.05, 3.63) is 28.5 Å². The van der Waals surface area contributed by atoms with E-state index in [1.165, 1.54) is 18.3 Å². The molecule has 0 radical (unpaired) electrons. The van der Waals surface area contributed by atoms with E-state index in [1.54, 1.807) is 20.8 Å². The van der Waals surface area contributed by atoms with E-state index in [1.807, 2.05) is 0 Å². The van der Waals surface area contributed by atoms with Gasteiger partial charge in [-0.1, -0.05) is 0 Å². The third kappa shape index (κ3) is 3.96. The van der Waals surface area contributed by atoms with Crippen LogP contribution in [-0.2, 0) is 11.0 Å². The van der Waals surface area contributed by atoms with Crippen LogP contribution in [0.1, 0.15) is 44.7 Å². The molecule has 1 rings (SSSR count). The molecule has 3 nitrogen and oxygen atoms in total. The van der Waals surface area contributed by atoms with E-state index in [0.717, 1.165) is 0 Å². The van der Waals surface area contributed by atoms with Gasteiger partial charge in [-0.05, 0) is 61.2 Å². The number of pyridine rings is 1. The molecule has 5 heteroatoms. The van der Waals surface area contributed by atoms with Gasteiger partial charge in [0.1, 0.15) is 4.60 Å². The topological polar surface area (TPSA) is 42.0 Å². The fourth-order valence-electron chi connectivity index (χ4n) is 0.863. The summed E-state index contributed by atoms with van der Waals surface area (Å²) < 4.78 is 45.5. The number of hydrogen-bond acceptors (Lipinski definition) is 2. The van der Waals surface area contributed by atoms with Gasteiger partial charge in [0, 0.05) is 16.3 Å². The number of hydrogen-bond donors (Lipinski definition) is 1. The van der Waals surface area contributed by atoms with Gasteiger partial charge in [-0.3, -0.25) is 0 Å². The van der Waals surface area contributed by atoms with Crippen molar-refractivity contribution in [2.75, 3.05) is 0 Å². The van der Waals surface area contributed by atoms with E-state index in [-0.39, 0.29) is 5.56 Å². The van der Waals surface area contributed by atoms with Gasteiger partial charge in [0.2, 0.25) is 0 Å². The van der Waals surface area contributed by atoms with Crippen LogP contribution in [0.2, 0.25) is 0 Å². The van der Waals surface area contributed by atoms with Gasteiger partial charge in [0.15, 0.2) is 0 Å². The molecule has 0 aliphatic carbocycles. The average Bonchev–Trinajstić information content (AvgIpc) is 2.25. The number of nitrogens with one attached hydrogen (secondary N) is 1. The number of nitrogens with zero attached hydrogens (tertiary/aromatic N) is 1. The Kier molecular flexibility index (Phi) is 2.95. The van der Waals surface area contributed by atoms with Crippen LogP contribution < -0.4 is 4.72 Å². The molecule has 1 aromatic rings. The molecule has 0 saturated carbocycles. The van der Waals surface area contributed by atoms with E-state index >= 15 is 0 Å². The third-order valence-electron chi connectivity index (χ3n) is 1.77. The van der Waals surface area contributed by atoms with Gasteiger partial charge in [0.05, 0.1) is 17.1 Å². The first-order valence-electron chi connectivity index (χ1n) is 6.70. The highest BCUT2D eigenvalue weighted by atomic mass is 79.9. The van der Waals surface area contributed by atoms with E-state index in [4.69, 9.17) is 5.48 Å². The zero-order valence-electron chi connectivity index (χ0n) is 13.4. The number of aromatic nitrogens is 1. The average molecular weight is 309 g/mol. The van der Waals surface area contributed by atoms with Crippen LogP contribution in [0.3, 0.4) is 0 Å². The minimum atomic E-state index is -2.69. The van der Waals surface area contributed by atoms with Gasteiger partial charge in [0.25, 0.3) is 0 Å². The molecule has 1 aromatic heterocycles. The van der Waals surface area contributed by atoms with Gasteiger partial charge in [-0.15, -0.1) is 0 Å². The molecule has 0 bridgehead atoms. The van der Waals surface area contributed by atoms with Crippen molar-refractivity contribution in [1.29, 1.82) is 0 Å². The predicted octanol–water partition coefficient (Wildman–Crippen LogP) is 2.96. The lowest BCUT2D eigenvalue weighted by Crippen LogP contribution is -2.34. The third-order valence-corrected chi connectivity index (χ3v) is 3.70. The lowest BCUT2D eigenvalue weighted by molar-refractivity contribution is 0.616. The maximum absolute atomic E-state index is 12.2. The molecule has 2 atom stereocenters. The van der Waals surface area contributed by atoms with E-state index in [2.05, 4.69) is 25.6 Å². The van der Waals surface area contributed by atoms with E-state index < -0.39 is 28.6 Å². The highest BCUT2D eigenvalue weighted by Crippen LogP contribution is 2.18. The monoisotopic (exact) mass is 308 g/mol. The molecule has 0 saturated heterocycles. The Morgan fingerprint density at radius 2 is 2.38 bits per heavy atom. The largest absolute Gasteiger partial charge is 0.249 e. The first kappa shape index (κ1) is 8.78. The van der Waals surface area contributed by atoms with Crippen molar-refractivity contribution in [3.8, 4) is 0 Å². The van der Waals surface area contributed by atoms with Crippen molar-refractivity contribution in [2.45, 2.75) is 38.4 Å². The van der Waals surface area contributed by atoms with Crippen LogP contribution in [0.15, 0.2) is 22.9 Å². The van der Waals surface area contributed by atoms with Crippen molar-refractivity contribution in [1.82, 2.24) is 9.71 Å². The molecule has 0 unspecified atom stereocenters. The van der Waals surface area contributed by atoms with Gasteiger partial charge >= 0.3 is 0 Å². The summed E-state index contributed by atoms with van der Waals surface area (Å²) >= 11 is 3.15. The van der Waals surface area contributed by atoms with Gasteiger partial charge in [-0.25, -0.2) is 13.9 Å². The maximum Gasteiger partial charge on any atom is 0.106 e. The summed E-state index contributed by atoms with van der Waals surface area (Å²) in [6.45, 7) is 2.43. The molecule has 0 amide bonds. The van der Waals surface area contributed by atoms with Gasteiger partial charge in [-0.2, -0.15) is 0 Å². The molecule has 1 heterocycles. The van der Waals surface area contributed by atoms with Crippen LogP contribution in [0.25, 0.3) is 0 Å². The molecule has 90 valence electrons. The molecule has 16 heavy (non-hydrogen) atoms. The normalized spacial score (nSPS) is 22.2. The summed E-state index contributed by atoms with van der Waals surface area (Å²) in [5.74, 6) is 0. The molecular formula is C11H17BrN2OS. The van der Waals surface area contributed by atoms with Crippen molar-refractivity contribution >= 4 is 26.9 Å². The second-order valence-corrected chi connectivity index (χ2v) is 7.00. The van der Waals surface area contributed by atoms with E-state index in [9.17, 15) is 4.21 Å². The van der Waals surface area contributed by atoms with Crippen LogP contribution in [-0.4, -0.2) is 13.9 Å². The first-order valence-corrected chi connectivity index (χ1v) is 6.64. The van der Waals surface area contributed by atoms with Crippen LogP contribution in [0.5, 0.6) is 0 Å². The van der Waals surface area contributed by atoms with Crippen LogP contribution >= 0.6 is 15.9 Å². The highest BCUT2D eigenvalue weighted by molar-refractivity contribution is 9.10.